The van der Waals surface area contributed by atoms with Crippen molar-refractivity contribution in [3.05, 3.63) is 60.2 Å². The smallest absolute Gasteiger partial charge is 0.220 e. The van der Waals surface area contributed by atoms with E-state index >= 15 is 0 Å². The van der Waals surface area contributed by atoms with Crippen molar-refractivity contribution in [2.45, 2.75) is 38.1 Å². The molecule has 1 atom stereocenters. The number of hydrogen-bond acceptors (Lipinski definition) is 4. The minimum atomic E-state index is 0.0997. The van der Waals surface area contributed by atoms with Gasteiger partial charge in [0.2, 0.25) is 5.91 Å². The Morgan fingerprint density at radius 1 is 1.08 bits per heavy atom. The Bertz CT molecular complexity index is 641. The highest BCUT2D eigenvalue weighted by Crippen LogP contribution is 2.23. The van der Waals surface area contributed by atoms with Crippen LogP contribution in [0.1, 0.15) is 42.9 Å². The number of aryl methyl sites for hydroxylation is 1. The second kappa shape index (κ2) is 9.28. The van der Waals surface area contributed by atoms with E-state index in [1.807, 2.05) is 24.4 Å². The van der Waals surface area contributed by atoms with Gasteiger partial charge in [0.25, 0.3) is 0 Å². The fourth-order valence-electron chi connectivity index (χ4n) is 3.37. The SMILES string of the molecule is O=C(CCc1ccncc1)NC[C@@H](c1cccnc1)N1CCCCC1. The van der Waals surface area contributed by atoms with Crippen molar-refractivity contribution >= 4 is 5.91 Å². The van der Waals surface area contributed by atoms with Crippen molar-refractivity contribution in [2.75, 3.05) is 19.6 Å². The van der Waals surface area contributed by atoms with Crippen LogP contribution in [0.3, 0.4) is 0 Å². The zero-order chi connectivity index (χ0) is 17.3. The maximum absolute atomic E-state index is 12.3. The molecule has 0 aromatic carbocycles. The molecule has 25 heavy (non-hydrogen) atoms. The average Bonchev–Trinajstić information content (AvgIpc) is 2.69. The summed E-state index contributed by atoms with van der Waals surface area (Å²) in [7, 11) is 0. The molecule has 1 saturated heterocycles. The predicted octanol–water partition coefficient (Wildman–Crippen LogP) is 2.75. The van der Waals surface area contributed by atoms with Gasteiger partial charge in [0.15, 0.2) is 0 Å². The Labute approximate surface area is 149 Å². The van der Waals surface area contributed by atoms with Gasteiger partial charge < -0.3 is 5.32 Å². The molecular formula is C20H26N4O. The van der Waals surface area contributed by atoms with Crippen LogP contribution >= 0.6 is 0 Å². The van der Waals surface area contributed by atoms with E-state index in [-0.39, 0.29) is 11.9 Å². The van der Waals surface area contributed by atoms with Crippen molar-refractivity contribution in [3.8, 4) is 0 Å². The fraction of sp³-hybridized carbons (Fsp3) is 0.450. The van der Waals surface area contributed by atoms with E-state index in [0.29, 0.717) is 13.0 Å². The molecule has 0 aliphatic carbocycles. The standard InChI is InChI=1S/C20H26N4O/c25-20(7-6-17-8-11-21-12-9-17)23-16-19(18-5-4-10-22-15-18)24-13-2-1-3-14-24/h4-5,8-12,15,19H,1-3,6-7,13-14,16H2,(H,23,25)/t19-/m0/s1. The summed E-state index contributed by atoms with van der Waals surface area (Å²) in [4.78, 5) is 23.0. The number of aromatic nitrogens is 2. The van der Waals surface area contributed by atoms with Gasteiger partial charge in [-0.3, -0.25) is 19.7 Å². The molecule has 3 rings (SSSR count). The molecular weight excluding hydrogens is 312 g/mol. The van der Waals surface area contributed by atoms with E-state index in [0.717, 1.165) is 25.1 Å². The molecule has 5 heteroatoms. The second-order valence-electron chi connectivity index (χ2n) is 6.56. The first kappa shape index (κ1) is 17.5. The first-order chi connectivity index (χ1) is 12.3. The molecule has 1 amide bonds. The molecule has 0 bridgehead atoms. The molecule has 1 aliphatic rings. The Morgan fingerprint density at radius 3 is 2.60 bits per heavy atom. The van der Waals surface area contributed by atoms with Crippen LogP contribution in [0.2, 0.25) is 0 Å². The minimum absolute atomic E-state index is 0.0997. The topological polar surface area (TPSA) is 58.1 Å². The average molecular weight is 338 g/mol. The summed E-state index contributed by atoms with van der Waals surface area (Å²) in [6.45, 7) is 2.82. The number of nitrogens with one attached hydrogen (secondary N) is 1. The highest BCUT2D eigenvalue weighted by atomic mass is 16.1. The number of pyridine rings is 2. The molecule has 2 aromatic rings. The van der Waals surface area contributed by atoms with Crippen molar-refractivity contribution in [1.29, 1.82) is 0 Å². The van der Waals surface area contributed by atoms with E-state index in [2.05, 4.69) is 26.3 Å². The fourth-order valence-corrected chi connectivity index (χ4v) is 3.37. The number of amides is 1. The van der Waals surface area contributed by atoms with Gasteiger partial charge in [-0.1, -0.05) is 12.5 Å². The van der Waals surface area contributed by atoms with E-state index in [1.54, 1.807) is 18.6 Å². The normalized spacial score (nSPS) is 16.3. The molecule has 5 nitrogen and oxygen atoms in total. The van der Waals surface area contributed by atoms with Gasteiger partial charge >= 0.3 is 0 Å². The molecule has 0 unspecified atom stereocenters. The summed E-state index contributed by atoms with van der Waals surface area (Å²) in [5.74, 6) is 0.0997. The number of likely N-dealkylation sites (tertiary alicyclic amines) is 1. The van der Waals surface area contributed by atoms with E-state index in [9.17, 15) is 4.79 Å². The predicted molar refractivity (Wildman–Crippen MR) is 98.0 cm³/mol. The third-order valence-corrected chi connectivity index (χ3v) is 4.78. The summed E-state index contributed by atoms with van der Waals surface area (Å²) in [6, 6.07) is 8.20. The van der Waals surface area contributed by atoms with Gasteiger partial charge in [-0.15, -0.1) is 0 Å². The van der Waals surface area contributed by atoms with Crippen LogP contribution in [0.5, 0.6) is 0 Å². The Hall–Kier alpha value is -2.27. The van der Waals surface area contributed by atoms with Crippen molar-refractivity contribution in [1.82, 2.24) is 20.2 Å². The quantitative estimate of drug-likeness (QED) is 0.843. The van der Waals surface area contributed by atoms with Crippen LogP contribution < -0.4 is 5.32 Å². The van der Waals surface area contributed by atoms with E-state index in [1.165, 1.54) is 24.8 Å². The minimum Gasteiger partial charge on any atom is -0.354 e. The molecule has 0 saturated carbocycles. The maximum Gasteiger partial charge on any atom is 0.220 e. The zero-order valence-corrected chi connectivity index (χ0v) is 14.6. The highest BCUT2D eigenvalue weighted by Gasteiger charge is 2.22. The Balaban J connectivity index is 1.55. The Morgan fingerprint density at radius 2 is 1.88 bits per heavy atom. The first-order valence-corrected chi connectivity index (χ1v) is 9.12. The lowest BCUT2D eigenvalue weighted by molar-refractivity contribution is -0.121. The van der Waals surface area contributed by atoms with Gasteiger partial charge in [-0.05, 0) is 61.7 Å². The van der Waals surface area contributed by atoms with Crippen molar-refractivity contribution in [2.24, 2.45) is 0 Å². The maximum atomic E-state index is 12.3. The number of rotatable bonds is 7. The summed E-state index contributed by atoms with van der Waals surface area (Å²) in [5, 5.41) is 3.12. The third kappa shape index (κ3) is 5.36. The number of piperidine rings is 1. The molecule has 0 spiro atoms. The van der Waals surface area contributed by atoms with Crippen LogP contribution in [0.15, 0.2) is 49.1 Å². The lowest BCUT2D eigenvalue weighted by Crippen LogP contribution is -2.40. The van der Waals surface area contributed by atoms with Gasteiger partial charge in [0, 0.05) is 37.8 Å². The molecule has 132 valence electrons. The lowest BCUT2D eigenvalue weighted by Gasteiger charge is -2.34. The van der Waals surface area contributed by atoms with Gasteiger partial charge in [-0.25, -0.2) is 0 Å². The van der Waals surface area contributed by atoms with Crippen molar-refractivity contribution in [3.63, 3.8) is 0 Å². The first-order valence-electron chi connectivity index (χ1n) is 9.12. The molecule has 0 radical (unpaired) electrons. The summed E-state index contributed by atoms with van der Waals surface area (Å²) in [6.07, 6.45) is 12.3. The monoisotopic (exact) mass is 338 g/mol. The van der Waals surface area contributed by atoms with Gasteiger partial charge in [0.05, 0.1) is 6.04 Å². The van der Waals surface area contributed by atoms with Crippen molar-refractivity contribution < 1.29 is 4.79 Å². The summed E-state index contributed by atoms with van der Waals surface area (Å²) >= 11 is 0. The summed E-state index contributed by atoms with van der Waals surface area (Å²) in [5.41, 5.74) is 2.32. The van der Waals surface area contributed by atoms with Crippen LogP contribution in [0, 0.1) is 0 Å². The van der Waals surface area contributed by atoms with Gasteiger partial charge in [0.1, 0.15) is 0 Å². The number of carbonyl (C=O) groups excluding carboxylic acids is 1. The molecule has 1 N–H and O–H groups in total. The van der Waals surface area contributed by atoms with Crippen LogP contribution in [-0.2, 0) is 11.2 Å². The second-order valence-corrected chi connectivity index (χ2v) is 6.56. The number of carbonyl (C=O) groups is 1. The van der Waals surface area contributed by atoms with Crippen LogP contribution in [0.25, 0.3) is 0 Å². The largest absolute Gasteiger partial charge is 0.354 e. The number of hydrogen-bond donors (Lipinski definition) is 1. The zero-order valence-electron chi connectivity index (χ0n) is 14.6. The molecule has 3 heterocycles. The number of nitrogens with zero attached hydrogens (tertiary/aromatic N) is 3. The molecule has 1 aliphatic heterocycles. The van der Waals surface area contributed by atoms with Gasteiger partial charge in [-0.2, -0.15) is 0 Å². The highest BCUT2D eigenvalue weighted by molar-refractivity contribution is 5.76. The van der Waals surface area contributed by atoms with E-state index < -0.39 is 0 Å². The van der Waals surface area contributed by atoms with E-state index in [4.69, 9.17) is 0 Å². The molecule has 2 aromatic heterocycles. The summed E-state index contributed by atoms with van der Waals surface area (Å²) < 4.78 is 0. The third-order valence-electron chi connectivity index (χ3n) is 4.78. The molecule has 1 fully saturated rings. The van der Waals surface area contributed by atoms with Crippen LogP contribution in [0.4, 0.5) is 0 Å². The van der Waals surface area contributed by atoms with Crippen LogP contribution in [-0.4, -0.2) is 40.4 Å². The Kier molecular flexibility index (Phi) is 6.51. The lowest BCUT2D eigenvalue weighted by atomic mass is 10.0.